The average molecular weight is 307 g/mol. The van der Waals surface area contributed by atoms with Gasteiger partial charge in [0.05, 0.1) is 11.4 Å². The normalized spacial score (nSPS) is 12.0. The van der Waals surface area contributed by atoms with E-state index in [9.17, 15) is 8.42 Å². The highest BCUT2D eigenvalue weighted by molar-refractivity contribution is 7.99. The first-order valence-electron chi connectivity index (χ1n) is 6.08. The van der Waals surface area contributed by atoms with E-state index in [2.05, 4.69) is 9.82 Å². The molecule has 0 aliphatic rings. The number of aliphatic hydroxyl groups excluding tert-OH is 1. The van der Waals surface area contributed by atoms with Gasteiger partial charge < -0.3 is 5.11 Å². The molecule has 8 heteroatoms. The summed E-state index contributed by atoms with van der Waals surface area (Å²) >= 11 is 1.62. The zero-order valence-electron chi connectivity index (χ0n) is 11.5. The Morgan fingerprint density at radius 2 is 2.05 bits per heavy atom. The summed E-state index contributed by atoms with van der Waals surface area (Å²) in [4.78, 5) is 0.273. The van der Waals surface area contributed by atoms with Gasteiger partial charge in [0.15, 0.2) is 0 Å². The molecule has 0 aromatic carbocycles. The smallest absolute Gasteiger partial charge is 0.244 e. The predicted molar refractivity (Wildman–Crippen MR) is 76.9 cm³/mol. The molecule has 0 radical (unpaired) electrons. The molecular weight excluding hydrogens is 286 g/mol. The summed E-state index contributed by atoms with van der Waals surface area (Å²) in [5.41, 5.74) is 1.15. The van der Waals surface area contributed by atoms with Crippen molar-refractivity contribution in [3.63, 3.8) is 0 Å². The van der Waals surface area contributed by atoms with Gasteiger partial charge in [-0.25, -0.2) is 13.1 Å². The molecule has 0 saturated heterocycles. The minimum atomic E-state index is -3.49. The van der Waals surface area contributed by atoms with E-state index >= 15 is 0 Å². The third kappa shape index (κ3) is 4.48. The number of aryl methyl sites for hydroxylation is 2. The molecule has 0 bridgehead atoms. The van der Waals surface area contributed by atoms with Gasteiger partial charge in [-0.1, -0.05) is 0 Å². The Bertz CT molecular complexity index is 512. The van der Waals surface area contributed by atoms with E-state index < -0.39 is 10.0 Å². The van der Waals surface area contributed by atoms with Gasteiger partial charge in [-0.3, -0.25) is 4.68 Å². The molecule has 0 atom stereocenters. The molecule has 6 nitrogen and oxygen atoms in total. The Balaban J connectivity index is 2.57. The standard InChI is InChI=1S/C11H21N3O3S2/c1-9-11(10(2)14(3)13-9)19(16,17)12-5-8-18-7-4-6-15/h12,15H,4-8H2,1-3H3. The maximum absolute atomic E-state index is 12.2. The molecule has 0 aliphatic carbocycles. The van der Waals surface area contributed by atoms with Crippen molar-refractivity contribution in [2.24, 2.45) is 7.05 Å². The molecule has 0 unspecified atom stereocenters. The lowest BCUT2D eigenvalue weighted by atomic mass is 10.4. The monoisotopic (exact) mass is 307 g/mol. The van der Waals surface area contributed by atoms with Gasteiger partial charge in [0.1, 0.15) is 4.90 Å². The number of thioether (sulfide) groups is 1. The molecule has 1 aromatic rings. The van der Waals surface area contributed by atoms with Crippen LogP contribution in [0.15, 0.2) is 4.90 Å². The highest BCUT2D eigenvalue weighted by Crippen LogP contribution is 2.18. The summed E-state index contributed by atoms with van der Waals surface area (Å²) in [6, 6.07) is 0. The van der Waals surface area contributed by atoms with E-state index in [1.54, 1.807) is 37.3 Å². The number of hydrogen-bond acceptors (Lipinski definition) is 5. The van der Waals surface area contributed by atoms with E-state index in [1.807, 2.05) is 0 Å². The quantitative estimate of drug-likeness (QED) is 0.681. The Morgan fingerprint density at radius 1 is 1.37 bits per heavy atom. The van der Waals surface area contributed by atoms with Gasteiger partial charge in [0, 0.05) is 26.0 Å². The largest absolute Gasteiger partial charge is 0.396 e. The summed E-state index contributed by atoms with van der Waals surface area (Å²) in [6.45, 7) is 3.99. The van der Waals surface area contributed by atoms with Crippen molar-refractivity contribution in [2.45, 2.75) is 25.2 Å². The van der Waals surface area contributed by atoms with Crippen molar-refractivity contribution < 1.29 is 13.5 Å². The molecule has 1 rings (SSSR count). The maximum atomic E-state index is 12.2. The number of rotatable bonds is 8. The Morgan fingerprint density at radius 3 is 2.58 bits per heavy atom. The van der Waals surface area contributed by atoms with Crippen molar-refractivity contribution in [1.29, 1.82) is 0 Å². The Labute approximate surface area is 118 Å². The SMILES string of the molecule is Cc1nn(C)c(C)c1S(=O)(=O)NCCSCCCO. The lowest BCUT2D eigenvalue weighted by Crippen LogP contribution is -2.27. The number of hydrogen-bond donors (Lipinski definition) is 2. The second-order valence-electron chi connectivity index (χ2n) is 4.21. The van der Waals surface area contributed by atoms with Gasteiger partial charge in [0.2, 0.25) is 10.0 Å². The van der Waals surface area contributed by atoms with E-state index in [0.29, 0.717) is 23.7 Å². The topological polar surface area (TPSA) is 84.2 Å². The van der Waals surface area contributed by atoms with Crippen LogP contribution in [-0.2, 0) is 17.1 Å². The van der Waals surface area contributed by atoms with Crippen LogP contribution in [-0.4, -0.2) is 48.0 Å². The summed E-state index contributed by atoms with van der Waals surface area (Å²) in [7, 11) is -1.76. The molecule has 0 aliphatic heterocycles. The summed E-state index contributed by atoms with van der Waals surface area (Å²) < 4.78 is 28.5. The van der Waals surface area contributed by atoms with Crippen LogP contribution < -0.4 is 4.72 Å². The van der Waals surface area contributed by atoms with Crippen molar-refractivity contribution in [3.8, 4) is 0 Å². The number of aromatic nitrogens is 2. The summed E-state index contributed by atoms with van der Waals surface area (Å²) in [5.74, 6) is 1.53. The summed E-state index contributed by atoms with van der Waals surface area (Å²) in [5, 5.41) is 12.7. The van der Waals surface area contributed by atoms with Gasteiger partial charge in [-0.05, 0) is 26.0 Å². The fourth-order valence-corrected chi connectivity index (χ4v) is 4.11. The second kappa shape index (κ2) is 7.28. The molecule has 1 heterocycles. The van der Waals surface area contributed by atoms with Crippen molar-refractivity contribution in [2.75, 3.05) is 24.7 Å². The van der Waals surface area contributed by atoms with Crippen LogP contribution in [0.1, 0.15) is 17.8 Å². The van der Waals surface area contributed by atoms with Crippen LogP contribution in [0.3, 0.4) is 0 Å². The Kier molecular flexibility index (Phi) is 6.31. The fourth-order valence-electron chi connectivity index (χ4n) is 1.73. The van der Waals surface area contributed by atoms with Crippen LogP contribution in [0.25, 0.3) is 0 Å². The number of aliphatic hydroxyl groups is 1. The molecule has 0 amide bonds. The van der Waals surface area contributed by atoms with Gasteiger partial charge in [-0.15, -0.1) is 0 Å². The van der Waals surface area contributed by atoms with E-state index in [1.165, 1.54) is 0 Å². The lowest BCUT2D eigenvalue weighted by molar-refractivity contribution is 0.296. The fraction of sp³-hybridized carbons (Fsp3) is 0.727. The van der Waals surface area contributed by atoms with E-state index in [0.717, 1.165) is 12.2 Å². The van der Waals surface area contributed by atoms with E-state index in [-0.39, 0.29) is 11.5 Å². The van der Waals surface area contributed by atoms with Crippen molar-refractivity contribution in [3.05, 3.63) is 11.4 Å². The maximum Gasteiger partial charge on any atom is 0.244 e. The van der Waals surface area contributed by atoms with E-state index in [4.69, 9.17) is 5.11 Å². The zero-order valence-corrected chi connectivity index (χ0v) is 13.1. The van der Waals surface area contributed by atoms with Crippen LogP contribution in [0.2, 0.25) is 0 Å². The molecule has 2 N–H and O–H groups in total. The lowest BCUT2D eigenvalue weighted by Gasteiger charge is -2.07. The summed E-state index contributed by atoms with van der Waals surface area (Å²) in [6.07, 6.45) is 0.734. The first kappa shape index (κ1) is 16.5. The first-order valence-corrected chi connectivity index (χ1v) is 8.72. The predicted octanol–water partition coefficient (Wildman–Crippen LogP) is 0.431. The molecule has 0 fully saturated rings. The number of nitrogens with one attached hydrogen (secondary N) is 1. The highest BCUT2D eigenvalue weighted by Gasteiger charge is 2.22. The van der Waals surface area contributed by atoms with Gasteiger partial charge in [-0.2, -0.15) is 16.9 Å². The highest BCUT2D eigenvalue weighted by atomic mass is 32.2. The number of sulfonamides is 1. The third-order valence-electron chi connectivity index (χ3n) is 2.70. The molecule has 1 aromatic heterocycles. The molecule has 0 spiro atoms. The minimum Gasteiger partial charge on any atom is -0.396 e. The average Bonchev–Trinajstić information content (AvgIpc) is 2.58. The zero-order chi connectivity index (χ0) is 14.5. The van der Waals surface area contributed by atoms with Gasteiger partial charge in [0.25, 0.3) is 0 Å². The molecule has 0 saturated carbocycles. The van der Waals surface area contributed by atoms with Crippen LogP contribution in [0.5, 0.6) is 0 Å². The van der Waals surface area contributed by atoms with Crippen molar-refractivity contribution >= 4 is 21.8 Å². The first-order chi connectivity index (χ1) is 8.90. The third-order valence-corrected chi connectivity index (χ3v) is 5.48. The molecule has 110 valence electrons. The van der Waals surface area contributed by atoms with Crippen LogP contribution in [0.4, 0.5) is 0 Å². The minimum absolute atomic E-state index is 0.173. The Hall–Kier alpha value is -0.570. The second-order valence-corrected chi connectivity index (χ2v) is 7.14. The van der Waals surface area contributed by atoms with Crippen LogP contribution >= 0.6 is 11.8 Å². The van der Waals surface area contributed by atoms with Crippen LogP contribution in [0, 0.1) is 13.8 Å². The van der Waals surface area contributed by atoms with Gasteiger partial charge >= 0.3 is 0 Å². The molecule has 19 heavy (non-hydrogen) atoms. The molecular formula is C11H21N3O3S2. The number of nitrogens with zero attached hydrogens (tertiary/aromatic N) is 2. The van der Waals surface area contributed by atoms with Crippen molar-refractivity contribution in [1.82, 2.24) is 14.5 Å².